The number of nitrogens with zero attached hydrogens (tertiary/aromatic N) is 1. The first-order valence-corrected chi connectivity index (χ1v) is 5.80. The average molecular weight is 233 g/mol. The summed E-state index contributed by atoms with van der Waals surface area (Å²) in [5.41, 5.74) is 1.86. The van der Waals surface area contributed by atoms with E-state index in [1.54, 1.807) is 18.3 Å². The summed E-state index contributed by atoms with van der Waals surface area (Å²) in [5.74, 6) is 0.677. The summed E-state index contributed by atoms with van der Waals surface area (Å²) in [6.45, 7) is 3.83. The Kier molecular flexibility index (Phi) is 3.88. The first kappa shape index (κ1) is 11.8. The van der Waals surface area contributed by atoms with E-state index in [1.165, 1.54) is 12.1 Å². The van der Waals surface area contributed by atoms with Crippen LogP contribution in [0.15, 0.2) is 30.5 Å². The SMILES string of the molecule is CCCNCc1ncc(-c2ccc(F)cc2)[nH]1. The van der Waals surface area contributed by atoms with Crippen molar-refractivity contribution >= 4 is 0 Å². The van der Waals surface area contributed by atoms with E-state index in [9.17, 15) is 4.39 Å². The predicted molar refractivity (Wildman–Crippen MR) is 66.0 cm³/mol. The second kappa shape index (κ2) is 5.59. The lowest BCUT2D eigenvalue weighted by Crippen LogP contribution is -2.14. The summed E-state index contributed by atoms with van der Waals surface area (Å²) < 4.78 is 12.8. The van der Waals surface area contributed by atoms with Crippen LogP contribution in [0.2, 0.25) is 0 Å². The zero-order valence-corrected chi connectivity index (χ0v) is 9.83. The molecule has 3 nitrogen and oxygen atoms in total. The minimum Gasteiger partial charge on any atom is -0.341 e. The molecule has 0 unspecified atom stereocenters. The van der Waals surface area contributed by atoms with Gasteiger partial charge in [0.15, 0.2) is 0 Å². The number of nitrogens with one attached hydrogen (secondary N) is 2. The highest BCUT2D eigenvalue weighted by molar-refractivity contribution is 5.58. The van der Waals surface area contributed by atoms with Gasteiger partial charge in [0.05, 0.1) is 18.4 Å². The van der Waals surface area contributed by atoms with Gasteiger partial charge in [0, 0.05) is 0 Å². The first-order valence-electron chi connectivity index (χ1n) is 5.80. The Morgan fingerprint density at radius 3 is 2.76 bits per heavy atom. The number of aromatic amines is 1. The van der Waals surface area contributed by atoms with Crippen LogP contribution in [0, 0.1) is 5.82 Å². The van der Waals surface area contributed by atoms with Crippen molar-refractivity contribution in [1.29, 1.82) is 0 Å². The third kappa shape index (κ3) is 3.14. The lowest BCUT2D eigenvalue weighted by Gasteiger charge is -1.99. The number of aromatic nitrogens is 2. The molecule has 2 N–H and O–H groups in total. The van der Waals surface area contributed by atoms with Gasteiger partial charge >= 0.3 is 0 Å². The largest absolute Gasteiger partial charge is 0.341 e. The van der Waals surface area contributed by atoms with E-state index in [2.05, 4.69) is 22.2 Å². The first-order chi connectivity index (χ1) is 8.29. The van der Waals surface area contributed by atoms with Crippen molar-refractivity contribution in [3.63, 3.8) is 0 Å². The molecule has 1 heterocycles. The van der Waals surface area contributed by atoms with Gasteiger partial charge < -0.3 is 10.3 Å². The molecule has 1 aromatic heterocycles. The van der Waals surface area contributed by atoms with Gasteiger partial charge in [-0.1, -0.05) is 6.92 Å². The second-order valence-corrected chi connectivity index (χ2v) is 3.93. The second-order valence-electron chi connectivity index (χ2n) is 3.93. The lowest BCUT2D eigenvalue weighted by atomic mass is 10.2. The minimum atomic E-state index is -0.224. The maximum absolute atomic E-state index is 12.8. The maximum Gasteiger partial charge on any atom is 0.123 e. The summed E-state index contributed by atoms with van der Waals surface area (Å²) in [7, 11) is 0. The van der Waals surface area contributed by atoms with Crippen LogP contribution < -0.4 is 5.32 Å². The minimum absolute atomic E-state index is 0.224. The van der Waals surface area contributed by atoms with Crippen molar-refractivity contribution in [2.24, 2.45) is 0 Å². The van der Waals surface area contributed by atoms with Gasteiger partial charge in [0.1, 0.15) is 11.6 Å². The highest BCUT2D eigenvalue weighted by atomic mass is 19.1. The molecule has 0 fully saturated rings. The number of imidazole rings is 1. The predicted octanol–water partition coefficient (Wildman–Crippen LogP) is 2.72. The van der Waals surface area contributed by atoms with E-state index in [1.807, 2.05) is 0 Å². The van der Waals surface area contributed by atoms with Gasteiger partial charge in [0.2, 0.25) is 0 Å². The molecule has 17 heavy (non-hydrogen) atoms. The topological polar surface area (TPSA) is 40.7 Å². The van der Waals surface area contributed by atoms with Gasteiger partial charge in [-0.25, -0.2) is 9.37 Å². The average Bonchev–Trinajstić information content (AvgIpc) is 2.79. The molecule has 0 spiro atoms. The number of rotatable bonds is 5. The molecule has 0 saturated carbocycles. The molecule has 0 saturated heterocycles. The molecule has 0 aliphatic carbocycles. The van der Waals surface area contributed by atoms with Crippen molar-refractivity contribution in [2.45, 2.75) is 19.9 Å². The zero-order valence-electron chi connectivity index (χ0n) is 9.83. The van der Waals surface area contributed by atoms with Crippen molar-refractivity contribution in [3.8, 4) is 11.3 Å². The van der Waals surface area contributed by atoms with Crippen molar-refractivity contribution in [2.75, 3.05) is 6.54 Å². The van der Waals surface area contributed by atoms with Crippen LogP contribution in [0.5, 0.6) is 0 Å². The monoisotopic (exact) mass is 233 g/mol. The Labute approximate surface area is 100 Å². The molecule has 0 radical (unpaired) electrons. The summed E-state index contributed by atoms with van der Waals surface area (Å²) in [5, 5.41) is 3.27. The number of halogens is 1. The Bertz CT molecular complexity index is 462. The number of H-pyrrole nitrogens is 1. The Balaban J connectivity index is 2.04. The smallest absolute Gasteiger partial charge is 0.123 e. The molecule has 0 atom stereocenters. The Morgan fingerprint density at radius 2 is 2.06 bits per heavy atom. The Morgan fingerprint density at radius 1 is 1.29 bits per heavy atom. The maximum atomic E-state index is 12.8. The van der Waals surface area contributed by atoms with Crippen molar-refractivity contribution < 1.29 is 4.39 Å². The Hall–Kier alpha value is -1.68. The van der Waals surface area contributed by atoms with Crippen LogP contribution in [-0.4, -0.2) is 16.5 Å². The summed E-state index contributed by atoms with van der Waals surface area (Å²) in [6, 6.07) is 6.38. The third-order valence-corrected chi connectivity index (χ3v) is 2.50. The van der Waals surface area contributed by atoms with Gasteiger partial charge in [-0.05, 0) is 42.8 Å². The van der Waals surface area contributed by atoms with Crippen LogP contribution in [0.3, 0.4) is 0 Å². The van der Waals surface area contributed by atoms with Crippen molar-refractivity contribution in [3.05, 3.63) is 42.1 Å². The third-order valence-electron chi connectivity index (χ3n) is 2.50. The summed E-state index contributed by atoms with van der Waals surface area (Å²) in [6.07, 6.45) is 2.88. The molecule has 90 valence electrons. The number of hydrogen-bond donors (Lipinski definition) is 2. The molecule has 1 aromatic carbocycles. The van der Waals surface area contributed by atoms with E-state index < -0.39 is 0 Å². The standard InChI is InChI=1S/C13H16FN3/c1-2-7-15-9-13-16-8-12(17-13)10-3-5-11(14)6-4-10/h3-6,8,15H,2,7,9H2,1H3,(H,16,17). The fraction of sp³-hybridized carbons (Fsp3) is 0.308. The van der Waals surface area contributed by atoms with Gasteiger partial charge in [-0.2, -0.15) is 0 Å². The van der Waals surface area contributed by atoms with Crippen LogP contribution in [0.25, 0.3) is 11.3 Å². The highest BCUT2D eigenvalue weighted by Crippen LogP contribution is 2.17. The van der Waals surface area contributed by atoms with E-state index in [0.717, 1.165) is 36.6 Å². The summed E-state index contributed by atoms with van der Waals surface area (Å²) in [4.78, 5) is 7.49. The number of hydrogen-bond acceptors (Lipinski definition) is 2. The van der Waals surface area contributed by atoms with E-state index >= 15 is 0 Å². The van der Waals surface area contributed by atoms with E-state index in [4.69, 9.17) is 0 Å². The van der Waals surface area contributed by atoms with E-state index in [0.29, 0.717) is 0 Å². The van der Waals surface area contributed by atoms with Crippen LogP contribution in [0.1, 0.15) is 19.2 Å². The quantitative estimate of drug-likeness (QED) is 0.779. The fourth-order valence-corrected chi connectivity index (χ4v) is 1.61. The molecule has 0 aliphatic heterocycles. The van der Waals surface area contributed by atoms with E-state index in [-0.39, 0.29) is 5.82 Å². The van der Waals surface area contributed by atoms with Gasteiger partial charge in [-0.3, -0.25) is 0 Å². The fourth-order valence-electron chi connectivity index (χ4n) is 1.61. The molecule has 2 aromatic rings. The molecular weight excluding hydrogens is 217 g/mol. The highest BCUT2D eigenvalue weighted by Gasteiger charge is 2.02. The molecular formula is C13H16FN3. The number of benzene rings is 1. The molecule has 0 aliphatic rings. The molecule has 4 heteroatoms. The molecule has 2 rings (SSSR count). The van der Waals surface area contributed by atoms with Gasteiger partial charge in [-0.15, -0.1) is 0 Å². The molecule has 0 bridgehead atoms. The zero-order chi connectivity index (χ0) is 12.1. The van der Waals surface area contributed by atoms with Gasteiger partial charge in [0.25, 0.3) is 0 Å². The summed E-state index contributed by atoms with van der Waals surface area (Å²) >= 11 is 0. The van der Waals surface area contributed by atoms with Crippen LogP contribution in [0.4, 0.5) is 4.39 Å². The van der Waals surface area contributed by atoms with Crippen molar-refractivity contribution in [1.82, 2.24) is 15.3 Å². The normalized spacial score (nSPS) is 10.7. The van der Waals surface area contributed by atoms with Crippen LogP contribution >= 0.6 is 0 Å². The molecule has 0 amide bonds. The van der Waals surface area contributed by atoms with Crippen LogP contribution in [-0.2, 0) is 6.54 Å². The lowest BCUT2D eigenvalue weighted by molar-refractivity contribution is 0.628.